The maximum atomic E-state index is 12.4. The Morgan fingerprint density at radius 1 is 1.04 bits per heavy atom. The predicted molar refractivity (Wildman–Crippen MR) is 109 cm³/mol. The number of anilines is 1. The molecule has 6 heteroatoms. The lowest BCUT2D eigenvalue weighted by Crippen LogP contribution is -2.37. The van der Waals surface area contributed by atoms with Crippen LogP contribution >= 0.6 is 23.2 Å². The summed E-state index contributed by atoms with van der Waals surface area (Å²) in [7, 11) is 0. The third kappa shape index (κ3) is 4.63. The Morgan fingerprint density at radius 3 is 2.52 bits per heavy atom. The summed E-state index contributed by atoms with van der Waals surface area (Å²) in [5.74, 6) is -1.47. The fraction of sp³-hybridized carbons (Fsp3) is 0.333. The number of rotatable bonds is 4. The largest absolute Gasteiger partial charge is 0.341 e. The number of fused-ring (bicyclic) bond motifs is 1. The van der Waals surface area contributed by atoms with Gasteiger partial charge in [0.1, 0.15) is 0 Å². The molecule has 27 heavy (non-hydrogen) atoms. The molecule has 0 heterocycles. The van der Waals surface area contributed by atoms with Crippen molar-refractivity contribution in [1.29, 1.82) is 0 Å². The van der Waals surface area contributed by atoms with Gasteiger partial charge >= 0.3 is 11.8 Å². The summed E-state index contributed by atoms with van der Waals surface area (Å²) in [4.78, 5) is 24.6. The molecule has 2 amide bonds. The average molecular weight is 405 g/mol. The van der Waals surface area contributed by atoms with Crippen LogP contribution in [-0.2, 0) is 22.4 Å². The fourth-order valence-electron chi connectivity index (χ4n) is 3.39. The summed E-state index contributed by atoms with van der Waals surface area (Å²) in [6, 6.07) is 11.0. The van der Waals surface area contributed by atoms with E-state index in [1.807, 2.05) is 13.0 Å². The number of halogens is 2. The second-order valence-electron chi connectivity index (χ2n) is 6.73. The van der Waals surface area contributed by atoms with Crippen molar-refractivity contribution in [3.63, 3.8) is 0 Å². The van der Waals surface area contributed by atoms with Crippen molar-refractivity contribution in [2.24, 2.45) is 0 Å². The Balaban J connectivity index is 1.69. The Morgan fingerprint density at radius 2 is 1.78 bits per heavy atom. The first-order valence-electron chi connectivity index (χ1n) is 9.17. The zero-order valence-corrected chi connectivity index (χ0v) is 16.7. The van der Waals surface area contributed by atoms with Crippen LogP contribution in [0, 0.1) is 0 Å². The molecule has 2 aromatic carbocycles. The maximum Gasteiger partial charge on any atom is 0.313 e. The van der Waals surface area contributed by atoms with Gasteiger partial charge in [-0.2, -0.15) is 0 Å². The van der Waals surface area contributed by atoms with E-state index in [1.54, 1.807) is 18.2 Å². The highest BCUT2D eigenvalue weighted by Crippen LogP contribution is 2.29. The van der Waals surface area contributed by atoms with E-state index in [-0.39, 0.29) is 11.1 Å². The first kappa shape index (κ1) is 19.7. The molecule has 1 aliphatic rings. The van der Waals surface area contributed by atoms with Crippen LogP contribution in [0.25, 0.3) is 0 Å². The van der Waals surface area contributed by atoms with Gasteiger partial charge in [-0.15, -0.1) is 0 Å². The molecule has 0 bridgehead atoms. The first-order chi connectivity index (χ1) is 13.0. The number of carbonyl (C=O) groups is 2. The minimum atomic E-state index is -0.768. The van der Waals surface area contributed by atoms with Crippen molar-refractivity contribution in [2.45, 2.75) is 45.1 Å². The van der Waals surface area contributed by atoms with Gasteiger partial charge in [0.15, 0.2) is 0 Å². The molecular formula is C21H22Cl2N2O2. The van der Waals surface area contributed by atoms with Gasteiger partial charge in [0.25, 0.3) is 0 Å². The third-order valence-corrected chi connectivity index (χ3v) is 5.71. The van der Waals surface area contributed by atoms with Crippen molar-refractivity contribution >= 4 is 40.7 Å². The molecule has 0 spiro atoms. The van der Waals surface area contributed by atoms with Gasteiger partial charge < -0.3 is 10.6 Å². The topological polar surface area (TPSA) is 58.2 Å². The van der Waals surface area contributed by atoms with Gasteiger partial charge in [-0.3, -0.25) is 9.59 Å². The van der Waals surface area contributed by atoms with Gasteiger partial charge in [-0.05, 0) is 60.9 Å². The lowest BCUT2D eigenvalue weighted by Gasteiger charge is -2.21. The number of amides is 2. The van der Waals surface area contributed by atoms with E-state index in [9.17, 15) is 9.59 Å². The summed E-state index contributed by atoms with van der Waals surface area (Å²) in [6.45, 7) is 1.98. The van der Waals surface area contributed by atoms with Crippen LogP contribution in [-0.4, -0.2) is 11.8 Å². The van der Waals surface area contributed by atoms with Crippen LogP contribution in [0.5, 0.6) is 0 Å². The molecule has 3 rings (SSSR count). The Bertz CT molecular complexity index is 867. The zero-order chi connectivity index (χ0) is 19.4. The molecule has 0 aromatic heterocycles. The summed E-state index contributed by atoms with van der Waals surface area (Å²) in [5, 5.41) is 5.86. The number of benzene rings is 2. The molecule has 0 aliphatic heterocycles. The van der Waals surface area contributed by atoms with Crippen molar-refractivity contribution in [3.8, 4) is 0 Å². The van der Waals surface area contributed by atoms with E-state index < -0.39 is 11.8 Å². The van der Waals surface area contributed by atoms with Gasteiger partial charge in [-0.1, -0.05) is 54.4 Å². The molecule has 1 atom stereocenters. The molecule has 4 nitrogen and oxygen atoms in total. The van der Waals surface area contributed by atoms with E-state index in [4.69, 9.17) is 23.2 Å². The predicted octanol–water partition coefficient (Wildman–Crippen LogP) is 5.08. The number of hydrogen-bond acceptors (Lipinski definition) is 2. The highest BCUT2D eigenvalue weighted by Gasteiger charge is 2.21. The maximum absolute atomic E-state index is 12.4. The van der Waals surface area contributed by atoms with Crippen LogP contribution in [0.2, 0.25) is 10.0 Å². The second kappa shape index (κ2) is 8.77. The van der Waals surface area contributed by atoms with Crippen LogP contribution in [0.4, 0.5) is 5.69 Å². The van der Waals surface area contributed by atoms with Gasteiger partial charge in [-0.25, -0.2) is 0 Å². The minimum Gasteiger partial charge on any atom is -0.341 e. The van der Waals surface area contributed by atoms with E-state index in [0.717, 1.165) is 18.4 Å². The number of aryl methyl sites for hydroxylation is 2. The number of hydrogen-bond donors (Lipinski definition) is 2. The molecule has 0 saturated heterocycles. The molecule has 0 radical (unpaired) electrons. The Hall–Kier alpha value is -2.04. The smallest absolute Gasteiger partial charge is 0.313 e. The van der Waals surface area contributed by atoms with Crippen molar-refractivity contribution < 1.29 is 9.59 Å². The van der Waals surface area contributed by atoms with Crippen LogP contribution < -0.4 is 10.6 Å². The quantitative estimate of drug-likeness (QED) is 0.698. The molecule has 1 unspecified atom stereocenters. The van der Waals surface area contributed by atoms with Crippen molar-refractivity contribution in [1.82, 2.24) is 5.32 Å². The van der Waals surface area contributed by atoms with E-state index in [2.05, 4.69) is 22.8 Å². The lowest BCUT2D eigenvalue weighted by atomic mass is 9.89. The molecule has 0 saturated carbocycles. The SMILES string of the molecule is CCC(NC(=O)C(=O)Nc1cccc(Cl)c1Cl)c1ccc2c(c1)CCCC2. The van der Waals surface area contributed by atoms with Crippen LogP contribution in [0.15, 0.2) is 36.4 Å². The molecule has 1 aliphatic carbocycles. The van der Waals surface area contributed by atoms with E-state index in [1.165, 1.54) is 24.0 Å². The highest BCUT2D eigenvalue weighted by atomic mass is 35.5. The number of carbonyl (C=O) groups excluding carboxylic acids is 2. The van der Waals surface area contributed by atoms with Gasteiger partial charge in [0.05, 0.1) is 21.8 Å². The molecular weight excluding hydrogens is 383 g/mol. The summed E-state index contributed by atoms with van der Waals surface area (Å²) in [5.41, 5.74) is 4.08. The zero-order valence-electron chi connectivity index (χ0n) is 15.1. The van der Waals surface area contributed by atoms with Gasteiger partial charge in [0, 0.05) is 0 Å². The minimum absolute atomic E-state index is 0.210. The fourth-order valence-corrected chi connectivity index (χ4v) is 3.74. The molecule has 2 aromatic rings. The molecule has 142 valence electrons. The van der Waals surface area contributed by atoms with Crippen LogP contribution in [0.1, 0.15) is 48.9 Å². The molecule has 2 N–H and O–H groups in total. The van der Waals surface area contributed by atoms with E-state index >= 15 is 0 Å². The Kier molecular flexibility index (Phi) is 6.40. The van der Waals surface area contributed by atoms with Crippen LogP contribution in [0.3, 0.4) is 0 Å². The molecule has 0 fully saturated rings. The van der Waals surface area contributed by atoms with Gasteiger partial charge in [0.2, 0.25) is 0 Å². The lowest BCUT2D eigenvalue weighted by molar-refractivity contribution is -0.136. The highest BCUT2D eigenvalue weighted by molar-refractivity contribution is 6.45. The number of nitrogens with one attached hydrogen (secondary N) is 2. The average Bonchev–Trinajstić information content (AvgIpc) is 2.69. The summed E-state index contributed by atoms with van der Waals surface area (Å²) >= 11 is 12.0. The van der Waals surface area contributed by atoms with Crippen molar-refractivity contribution in [2.75, 3.05) is 5.32 Å². The van der Waals surface area contributed by atoms with E-state index in [0.29, 0.717) is 17.1 Å². The summed E-state index contributed by atoms with van der Waals surface area (Å²) in [6.07, 6.45) is 5.30. The van der Waals surface area contributed by atoms with Crippen molar-refractivity contribution in [3.05, 3.63) is 63.1 Å². The third-order valence-electron chi connectivity index (χ3n) is 4.89. The normalized spacial score (nSPS) is 14.2. The Labute approximate surface area is 169 Å². The first-order valence-corrected chi connectivity index (χ1v) is 9.92. The second-order valence-corrected chi connectivity index (χ2v) is 7.51. The standard InChI is InChI=1S/C21H22Cl2N2O2/c1-2-17(15-11-10-13-6-3-4-7-14(13)12-15)24-20(26)21(27)25-18-9-5-8-16(22)19(18)23/h5,8-12,17H,2-4,6-7H2,1H3,(H,24,26)(H,25,27). The monoisotopic (exact) mass is 404 g/mol. The summed E-state index contributed by atoms with van der Waals surface area (Å²) < 4.78 is 0.